The standard InChI is InChI=1S/C18H15NO7/c1-9(20)14-16(23)15(18(25)26-17(14)24)13(22)8-5-11-3-6-12(7-4-11)19-10(2)21/h3-8,15,23H,1-2H3,(H,19,21). The van der Waals surface area contributed by atoms with Crippen LogP contribution in [0.5, 0.6) is 0 Å². The van der Waals surface area contributed by atoms with Crippen molar-refractivity contribution in [2.45, 2.75) is 13.8 Å². The van der Waals surface area contributed by atoms with Crippen LogP contribution in [0.2, 0.25) is 0 Å². The smallest absolute Gasteiger partial charge is 0.352 e. The Kier molecular flexibility index (Phi) is 5.46. The van der Waals surface area contributed by atoms with Crippen LogP contribution in [-0.4, -0.2) is 34.5 Å². The molecule has 2 N–H and O–H groups in total. The summed E-state index contributed by atoms with van der Waals surface area (Å²) in [5.41, 5.74) is 0.445. The van der Waals surface area contributed by atoms with Crippen LogP contribution in [0.25, 0.3) is 6.08 Å². The van der Waals surface area contributed by atoms with E-state index in [1.54, 1.807) is 24.3 Å². The third kappa shape index (κ3) is 4.10. The minimum atomic E-state index is -1.76. The molecule has 1 aliphatic rings. The number of Topliss-reactive ketones (excluding diaryl/α,β-unsaturated/α-hetero) is 1. The second-order valence-corrected chi connectivity index (χ2v) is 5.50. The Morgan fingerprint density at radius 3 is 2.27 bits per heavy atom. The zero-order chi connectivity index (χ0) is 19.4. The average Bonchev–Trinajstić information content (AvgIpc) is 2.52. The number of anilines is 1. The molecule has 8 heteroatoms. The number of aliphatic hydroxyl groups is 1. The Morgan fingerprint density at radius 2 is 1.73 bits per heavy atom. The summed E-state index contributed by atoms with van der Waals surface area (Å²) in [6.45, 7) is 2.38. The van der Waals surface area contributed by atoms with Crippen molar-refractivity contribution in [2.24, 2.45) is 5.92 Å². The van der Waals surface area contributed by atoms with Gasteiger partial charge in [-0.1, -0.05) is 18.2 Å². The number of ether oxygens (including phenoxy) is 1. The first-order valence-electron chi connectivity index (χ1n) is 7.50. The monoisotopic (exact) mass is 357 g/mol. The zero-order valence-electron chi connectivity index (χ0n) is 13.9. The molecule has 1 amide bonds. The highest BCUT2D eigenvalue weighted by molar-refractivity contribution is 6.24. The predicted octanol–water partition coefficient (Wildman–Crippen LogP) is 1.33. The van der Waals surface area contributed by atoms with E-state index in [-0.39, 0.29) is 5.91 Å². The minimum absolute atomic E-state index is 0.225. The number of hydrogen-bond acceptors (Lipinski definition) is 7. The van der Waals surface area contributed by atoms with Crippen LogP contribution in [0.4, 0.5) is 5.69 Å². The summed E-state index contributed by atoms with van der Waals surface area (Å²) in [5.74, 6) is -7.07. The summed E-state index contributed by atoms with van der Waals surface area (Å²) < 4.78 is 4.36. The van der Waals surface area contributed by atoms with E-state index in [9.17, 15) is 29.1 Å². The molecule has 0 spiro atoms. The molecule has 1 heterocycles. The van der Waals surface area contributed by atoms with E-state index >= 15 is 0 Å². The van der Waals surface area contributed by atoms with Crippen LogP contribution in [-0.2, 0) is 28.7 Å². The number of cyclic esters (lactones) is 2. The second-order valence-electron chi connectivity index (χ2n) is 5.50. The van der Waals surface area contributed by atoms with Gasteiger partial charge in [0, 0.05) is 12.6 Å². The highest BCUT2D eigenvalue weighted by Gasteiger charge is 2.42. The summed E-state index contributed by atoms with van der Waals surface area (Å²) in [7, 11) is 0. The maximum Gasteiger partial charge on any atom is 0.352 e. The van der Waals surface area contributed by atoms with E-state index in [1.165, 1.54) is 13.0 Å². The fourth-order valence-electron chi connectivity index (χ4n) is 2.29. The zero-order valence-corrected chi connectivity index (χ0v) is 13.9. The van der Waals surface area contributed by atoms with Crippen LogP contribution < -0.4 is 5.32 Å². The van der Waals surface area contributed by atoms with Gasteiger partial charge < -0.3 is 15.2 Å². The lowest BCUT2D eigenvalue weighted by Gasteiger charge is -2.19. The van der Waals surface area contributed by atoms with E-state index in [0.717, 1.165) is 13.0 Å². The molecule has 1 aliphatic heterocycles. The van der Waals surface area contributed by atoms with Crippen molar-refractivity contribution < 1.29 is 33.8 Å². The van der Waals surface area contributed by atoms with E-state index in [0.29, 0.717) is 11.3 Å². The Bertz CT molecular complexity index is 862. The molecule has 0 aromatic heterocycles. The minimum Gasteiger partial charge on any atom is -0.510 e. The summed E-state index contributed by atoms with van der Waals surface area (Å²) in [5, 5.41) is 12.6. The molecule has 1 unspecified atom stereocenters. The van der Waals surface area contributed by atoms with Crippen LogP contribution in [0.15, 0.2) is 41.7 Å². The number of carbonyl (C=O) groups is 5. The molecule has 0 saturated heterocycles. The largest absolute Gasteiger partial charge is 0.510 e. The number of esters is 2. The van der Waals surface area contributed by atoms with E-state index in [4.69, 9.17) is 0 Å². The van der Waals surface area contributed by atoms with Gasteiger partial charge in [0.05, 0.1) is 0 Å². The number of benzene rings is 1. The van der Waals surface area contributed by atoms with Crippen molar-refractivity contribution in [3.8, 4) is 0 Å². The first-order chi connectivity index (χ1) is 12.2. The molecule has 0 saturated carbocycles. The summed E-state index contributed by atoms with van der Waals surface area (Å²) >= 11 is 0. The Morgan fingerprint density at radius 1 is 1.12 bits per heavy atom. The van der Waals surface area contributed by atoms with E-state index < -0.39 is 40.8 Å². The van der Waals surface area contributed by atoms with Gasteiger partial charge in [0.1, 0.15) is 11.3 Å². The van der Waals surface area contributed by atoms with Gasteiger partial charge in [-0.05, 0) is 30.7 Å². The molecule has 26 heavy (non-hydrogen) atoms. The van der Waals surface area contributed by atoms with Gasteiger partial charge in [0.2, 0.25) is 5.91 Å². The molecule has 1 aromatic rings. The fraction of sp³-hybridized carbons (Fsp3) is 0.167. The first-order valence-corrected chi connectivity index (χ1v) is 7.50. The molecule has 1 aromatic carbocycles. The predicted molar refractivity (Wildman–Crippen MR) is 89.7 cm³/mol. The number of allylic oxidation sites excluding steroid dienone is 1. The summed E-state index contributed by atoms with van der Waals surface area (Å²) in [6, 6.07) is 6.47. The van der Waals surface area contributed by atoms with Crippen LogP contribution in [0.3, 0.4) is 0 Å². The van der Waals surface area contributed by atoms with Crippen molar-refractivity contribution in [3.63, 3.8) is 0 Å². The van der Waals surface area contributed by atoms with Crippen LogP contribution in [0.1, 0.15) is 19.4 Å². The lowest BCUT2D eigenvalue weighted by Crippen LogP contribution is -2.37. The van der Waals surface area contributed by atoms with E-state index in [2.05, 4.69) is 10.1 Å². The fourth-order valence-corrected chi connectivity index (χ4v) is 2.29. The normalized spacial score (nSPS) is 17.2. The van der Waals surface area contributed by atoms with Crippen molar-refractivity contribution in [1.29, 1.82) is 0 Å². The Balaban J connectivity index is 2.21. The maximum absolute atomic E-state index is 12.2. The third-order valence-corrected chi connectivity index (χ3v) is 3.47. The molecule has 0 aliphatic carbocycles. The first kappa shape index (κ1) is 18.8. The molecule has 0 bridgehead atoms. The van der Waals surface area contributed by atoms with Gasteiger partial charge in [-0.2, -0.15) is 0 Å². The maximum atomic E-state index is 12.2. The lowest BCUT2D eigenvalue weighted by atomic mass is 9.93. The highest BCUT2D eigenvalue weighted by Crippen LogP contribution is 2.24. The van der Waals surface area contributed by atoms with Gasteiger partial charge in [-0.3, -0.25) is 19.2 Å². The topological polar surface area (TPSA) is 127 Å². The van der Waals surface area contributed by atoms with Gasteiger partial charge in [-0.15, -0.1) is 0 Å². The molecular weight excluding hydrogens is 342 g/mol. The lowest BCUT2D eigenvalue weighted by molar-refractivity contribution is -0.163. The van der Waals surface area contributed by atoms with E-state index in [1.807, 2.05) is 0 Å². The SMILES string of the molecule is CC(=O)Nc1ccc(C=CC(=O)C2C(=O)OC(=O)C(C(C)=O)=C2O)cc1. The molecule has 0 fully saturated rings. The Hall–Kier alpha value is -3.55. The Labute approximate surface area is 148 Å². The number of aliphatic hydroxyl groups excluding tert-OH is 1. The molecule has 2 rings (SSSR count). The van der Waals surface area contributed by atoms with Gasteiger partial charge in [-0.25, -0.2) is 4.79 Å². The number of ketones is 2. The van der Waals surface area contributed by atoms with Crippen molar-refractivity contribution >= 4 is 41.2 Å². The average molecular weight is 357 g/mol. The number of carbonyl (C=O) groups excluding carboxylic acids is 5. The van der Waals surface area contributed by atoms with Gasteiger partial charge in [0.15, 0.2) is 17.5 Å². The van der Waals surface area contributed by atoms with Crippen LogP contribution in [0, 0.1) is 5.92 Å². The summed E-state index contributed by atoms with van der Waals surface area (Å²) in [6.07, 6.45) is 2.41. The van der Waals surface area contributed by atoms with Crippen molar-refractivity contribution in [2.75, 3.05) is 5.32 Å². The van der Waals surface area contributed by atoms with Crippen LogP contribution >= 0.6 is 0 Å². The molecular formula is C18H15NO7. The number of amides is 1. The van der Waals surface area contributed by atoms with Gasteiger partial charge in [0.25, 0.3) is 0 Å². The van der Waals surface area contributed by atoms with Gasteiger partial charge >= 0.3 is 11.9 Å². The second kappa shape index (κ2) is 7.56. The molecule has 1 atom stereocenters. The number of rotatable bonds is 5. The summed E-state index contributed by atoms with van der Waals surface area (Å²) in [4.78, 5) is 57.8. The van der Waals surface area contributed by atoms with Crippen molar-refractivity contribution in [1.82, 2.24) is 0 Å². The molecule has 0 radical (unpaired) electrons. The number of hydrogen-bond donors (Lipinski definition) is 2. The molecule has 8 nitrogen and oxygen atoms in total. The third-order valence-electron chi connectivity index (χ3n) is 3.47. The highest BCUT2D eigenvalue weighted by atomic mass is 16.6. The van der Waals surface area contributed by atoms with Crippen molar-refractivity contribution in [3.05, 3.63) is 47.2 Å². The molecule has 134 valence electrons. The number of nitrogens with one attached hydrogen (secondary N) is 1. The quantitative estimate of drug-likeness (QED) is 0.352.